The summed E-state index contributed by atoms with van der Waals surface area (Å²) in [5.41, 5.74) is 3.32. The fourth-order valence-electron chi connectivity index (χ4n) is 2.31. The molecule has 0 fully saturated rings. The number of hydrogen-bond donors (Lipinski definition) is 1. The highest BCUT2D eigenvalue weighted by molar-refractivity contribution is 9.10. The van der Waals surface area contributed by atoms with Gasteiger partial charge in [-0.15, -0.1) is 0 Å². The molecule has 0 bridgehead atoms. The van der Waals surface area contributed by atoms with Crippen molar-refractivity contribution in [3.8, 4) is 0 Å². The van der Waals surface area contributed by atoms with Crippen LogP contribution in [0.3, 0.4) is 0 Å². The predicted molar refractivity (Wildman–Crippen MR) is 80.3 cm³/mol. The lowest BCUT2D eigenvalue weighted by atomic mass is 9.95. The van der Waals surface area contributed by atoms with E-state index < -0.39 is 0 Å². The summed E-state index contributed by atoms with van der Waals surface area (Å²) >= 11 is 3.61. The summed E-state index contributed by atoms with van der Waals surface area (Å²) in [6, 6.07) is 10.1. The van der Waals surface area contributed by atoms with Crippen molar-refractivity contribution in [3.63, 3.8) is 0 Å². The van der Waals surface area contributed by atoms with Crippen LogP contribution in [-0.4, -0.2) is 21.5 Å². The van der Waals surface area contributed by atoms with Gasteiger partial charge in [-0.2, -0.15) is 5.10 Å². The summed E-state index contributed by atoms with van der Waals surface area (Å²) in [5.74, 6) is 0.110. The molecule has 0 saturated carbocycles. The largest absolute Gasteiger partial charge is 0.396 e. The fraction of sp³-hybridized carbons (Fsp3) is 0.400. The van der Waals surface area contributed by atoms with Crippen molar-refractivity contribution < 1.29 is 5.11 Å². The van der Waals surface area contributed by atoms with Crippen molar-refractivity contribution in [3.05, 3.63) is 51.8 Å². The molecule has 0 radical (unpaired) electrons. The van der Waals surface area contributed by atoms with Crippen LogP contribution in [0.5, 0.6) is 0 Å². The van der Waals surface area contributed by atoms with Gasteiger partial charge in [0.1, 0.15) is 0 Å². The van der Waals surface area contributed by atoms with Crippen LogP contribution in [0.1, 0.15) is 29.8 Å². The minimum atomic E-state index is 0.110. The number of rotatable bonds is 5. The fourth-order valence-corrected chi connectivity index (χ4v) is 2.76. The molecule has 0 aliphatic heterocycles. The van der Waals surface area contributed by atoms with Gasteiger partial charge in [0, 0.05) is 12.5 Å². The lowest BCUT2D eigenvalue weighted by molar-refractivity contribution is 0.262. The van der Waals surface area contributed by atoms with Gasteiger partial charge in [0.15, 0.2) is 0 Å². The smallest absolute Gasteiger partial charge is 0.0738 e. The average molecular weight is 323 g/mol. The summed E-state index contributed by atoms with van der Waals surface area (Å²) in [7, 11) is 0. The predicted octanol–water partition coefficient (Wildman–Crippen LogP) is 3.29. The monoisotopic (exact) mass is 322 g/mol. The van der Waals surface area contributed by atoms with Gasteiger partial charge < -0.3 is 5.11 Å². The molecule has 102 valence electrons. The Balaban J connectivity index is 2.29. The highest BCUT2D eigenvalue weighted by Crippen LogP contribution is 2.27. The third-order valence-corrected chi connectivity index (χ3v) is 4.42. The van der Waals surface area contributed by atoms with Crippen LogP contribution in [0.2, 0.25) is 0 Å². The van der Waals surface area contributed by atoms with Crippen molar-refractivity contribution in [1.82, 2.24) is 9.78 Å². The van der Waals surface area contributed by atoms with Crippen molar-refractivity contribution in [2.24, 2.45) is 0 Å². The normalized spacial score (nSPS) is 12.6. The zero-order valence-corrected chi connectivity index (χ0v) is 12.9. The van der Waals surface area contributed by atoms with Crippen LogP contribution >= 0.6 is 15.9 Å². The maximum Gasteiger partial charge on any atom is 0.0738 e. The van der Waals surface area contributed by atoms with Crippen molar-refractivity contribution in [1.29, 1.82) is 0 Å². The number of aliphatic hydroxyl groups is 1. The molecular weight excluding hydrogens is 304 g/mol. The molecule has 0 aliphatic carbocycles. The Bertz CT molecular complexity index is 537. The molecule has 3 nitrogen and oxygen atoms in total. The third kappa shape index (κ3) is 3.07. The van der Waals surface area contributed by atoms with Crippen LogP contribution in [-0.2, 0) is 13.0 Å². The summed E-state index contributed by atoms with van der Waals surface area (Å²) < 4.78 is 3.06. The van der Waals surface area contributed by atoms with Crippen molar-refractivity contribution in [2.45, 2.75) is 32.7 Å². The van der Waals surface area contributed by atoms with Crippen LogP contribution in [0.4, 0.5) is 0 Å². The maximum atomic E-state index is 9.66. The van der Waals surface area contributed by atoms with E-state index in [4.69, 9.17) is 0 Å². The lowest BCUT2D eigenvalue weighted by Gasteiger charge is -2.15. The van der Waals surface area contributed by atoms with Gasteiger partial charge >= 0.3 is 0 Å². The molecule has 1 aromatic carbocycles. The highest BCUT2D eigenvalue weighted by atomic mass is 79.9. The SMILES string of the molecule is CCn1nc(C)c(Br)c1CC(CO)c1ccccc1. The van der Waals surface area contributed by atoms with E-state index in [-0.39, 0.29) is 12.5 Å². The quantitative estimate of drug-likeness (QED) is 0.917. The number of nitrogens with zero attached hydrogens (tertiary/aromatic N) is 2. The zero-order valence-electron chi connectivity index (χ0n) is 11.3. The number of aliphatic hydroxyl groups excluding tert-OH is 1. The molecule has 0 saturated heterocycles. The summed E-state index contributed by atoms with van der Waals surface area (Å²) in [6.07, 6.45) is 0.787. The minimum absolute atomic E-state index is 0.110. The molecule has 0 aliphatic rings. The number of halogens is 1. The Kier molecular flexibility index (Phi) is 4.77. The van der Waals surface area contributed by atoms with E-state index >= 15 is 0 Å². The topological polar surface area (TPSA) is 38.0 Å². The molecule has 1 heterocycles. The summed E-state index contributed by atoms with van der Waals surface area (Å²) in [6.45, 7) is 5.06. The standard InChI is InChI=1S/C15H19BrN2O/c1-3-18-14(15(16)11(2)17-18)9-13(10-19)12-7-5-4-6-8-12/h4-8,13,19H,3,9-10H2,1-2H3. The van der Waals surface area contributed by atoms with Gasteiger partial charge in [-0.05, 0) is 41.8 Å². The second-order valence-corrected chi connectivity index (χ2v) is 5.45. The zero-order chi connectivity index (χ0) is 13.8. The molecule has 0 amide bonds. The Morgan fingerprint density at radius 2 is 2.00 bits per heavy atom. The Morgan fingerprint density at radius 3 is 2.58 bits per heavy atom. The third-order valence-electron chi connectivity index (χ3n) is 3.38. The molecule has 19 heavy (non-hydrogen) atoms. The first-order valence-corrected chi connectivity index (χ1v) is 7.34. The second-order valence-electron chi connectivity index (χ2n) is 4.66. The number of benzene rings is 1. The number of aromatic nitrogens is 2. The molecule has 4 heteroatoms. The van der Waals surface area contributed by atoms with E-state index in [9.17, 15) is 5.11 Å². The first-order chi connectivity index (χ1) is 9.17. The summed E-state index contributed by atoms with van der Waals surface area (Å²) in [4.78, 5) is 0. The maximum absolute atomic E-state index is 9.66. The summed E-state index contributed by atoms with van der Waals surface area (Å²) in [5, 5.41) is 14.2. The number of hydrogen-bond acceptors (Lipinski definition) is 2. The van der Waals surface area contributed by atoms with Gasteiger partial charge in [0.25, 0.3) is 0 Å². The van der Waals surface area contributed by atoms with Crippen molar-refractivity contribution in [2.75, 3.05) is 6.61 Å². The molecular formula is C15H19BrN2O. The first kappa shape index (κ1) is 14.3. The Hall–Kier alpha value is -1.13. The molecule has 1 atom stereocenters. The van der Waals surface area contributed by atoms with E-state index in [2.05, 4.69) is 40.1 Å². The lowest BCUT2D eigenvalue weighted by Crippen LogP contribution is -2.12. The Labute approximate surface area is 122 Å². The van der Waals surface area contributed by atoms with Crippen molar-refractivity contribution >= 4 is 15.9 Å². The van der Waals surface area contributed by atoms with Gasteiger partial charge in [-0.1, -0.05) is 30.3 Å². The van der Waals surface area contributed by atoms with E-state index in [1.54, 1.807) is 0 Å². The molecule has 1 aromatic heterocycles. The van der Waals surface area contributed by atoms with Crippen LogP contribution in [0.15, 0.2) is 34.8 Å². The molecule has 2 rings (SSSR count). The van der Waals surface area contributed by atoms with Crippen LogP contribution in [0.25, 0.3) is 0 Å². The average Bonchev–Trinajstić information content (AvgIpc) is 2.72. The van der Waals surface area contributed by atoms with E-state index in [1.165, 1.54) is 5.56 Å². The molecule has 2 aromatic rings. The van der Waals surface area contributed by atoms with Gasteiger partial charge in [0.05, 0.1) is 22.5 Å². The molecule has 1 N–H and O–H groups in total. The van der Waals surface area contributed by atoms with E-state index in [1.807, 2.05) is 29.8 Å². The molecule has 1 unspecified atom stereocenters. The van der Waals surface area contributed by atoms with Gasteiger partial charge in [0.2, 0.25) is 0 Å². The Morgan fingerprint density at radius 1 is 1.32 bits per heavy atom. The van der Waals surface area contributed by atoms with Gasteiger partial charge in [-0.3, -0.25) is 4.68 Å². The minimum Gasteiger partial charge on any atom is -0.396 e. The van der Waals surface area contributed by atoms with E-state index in [0.29, 0.717) is 0 Å². The first-order valence-electron chi connectivity index (χ1n) is 6.55. The number of aryl methyl sites for hydroxylation is 2. The molecule has 0 spiro atoms. The van der Waals surface area contributed by atoms with E-state index in [0.717, 1.165) is 28.8 Å². The van der Waals surface area contributed by atoms with Crippen LogP contribution < -0.4 is 0 Å². The van der Waals surface area contributed by atoms with Crippen LogP contribution in [0, 0.1) is 6.92 Å². The van der Waals surface area contributed by atoms with Gasteiger partial charge in [-0.25, -0.2) is 0 Å². The highest BCUT2D eigenvalue weighted by Gasteiger charge is 2.18. The second kappa shape index (κ2) is 6.35.